The highest BCUT2D eigenvalue weighted by Gasteiger charge is 2.57. The minimum Gasteiger partial charge on any atom is -0.481 e. The molecule has 5 rings (SSSR count). The van der Waals surface area contributed by atoms with Crippen LogP contribution in [0.15, 0.2) is 23.3 Å². The number of aliphatic carboxylic acids is 1. The lowest BCUT2D eigenvalue weighted by molar-refractivity contribution is -0.314. The number of hydrogen-bond donors (Lipinski definition) is 7. The molecule has 14 unspecified atom stereocenters. The molecule has 1 aliphatic heterocycles. The van der Waals surface area contributed by atoms with Crippen LogP contribution in [0.1, 0.15) is 92.4 Å². The Balaban J connectivity index is 1.30. The first-order valence-corrected chi connectivity index (χ1v) is 17.1. The summed E-state index contributed by atoms with van der Waals surface area (Å²) in [6.07, 6.45) is 3.51. The van der Waals surface area contributed by atoms with E-state index in [4.69, 9.17) is 9.47 Å². The molecule has 45 heavy (non-hydrogen) atoms. The summed E-state index contributed by atoms with van der Waals surface area (Å²) >= 11 is 0. The number of allylic oxidation sites excluding steroid dienone is 4. The number of aliphatic hydroxyl groups is 6. The minimum atomic E-state index is -1.47. The zero-order valence-corrected chi connectivity index (χ0v) is 27.5. The van der Waals surface area contributed by atoms with Gasteiger partial charge in [0.15, 0.2) is 6.29 Å². The molecule has 0 aromatic carbocycles. The SMILES string of the molecule is CC(C)C(O)(CCC(C(=O)O)C1CCC2C3=CCC4CC(OC5OC(CO)C(O)C(O)C5O)CCC4(C)C3=CCC21C)C(C)O. The highest BCUT2D eigenvalue weighted by molar-refractivity contribution is 5.70. The highest BCUT2D eigenvalue weighted by Crippen LogP contribution is 2.65. The Morgan fingerprint density at radius 1 is 1.09 bits per heavy atom. The third-order valence-corrected chi connectivity index (χ3v) is 13.1. The van der Waals surface area contributed by atoms with Crippen LogP contribution in [0.5, 0.6) is 0 Å². The average Bonchev–Trinajstić information content (AvgIpc) is 3.34. The van der Waals surface area contributed by atoms with E-state index in [2.05, 4.69) is 26.0 Å². The standard InChI is InChI=1S/C35H56O10/c1-18(2)35(43,19(3)37)15-11-23(31(41)42)25-9-8-24-22-7-6-20-16-21(10-13-33(20,4)26(22)12-14-34(24,25)5)44-32-30(40)29(39)28(38)27(17-36)45-32/h7,12,18-21,23-25,27-30,32,36-40,43H,6,8-11,13-17H2,1-5H3,(H,41,42). The number of aliphatic hydroxyl groups excluding tert-OH is 5. The molecule has 0 aromatic heterocycles. The molecule has 1 heterocycles. The van der Waals surface area contributed by atoms with Crippen LogP contribution >= 0.6 is 0 Å². The zero-order valence-electron chi connectivity index (χ0n) is 27.5. The second-order valence-corrected chi connectivity index (χ2v) is 15.6. The lowest BCUT2D eigenvalue weighted by Crippen LogP contribution is -2.60. The molecule has 0 aromatic rings. The Bertz CT molecular complexity index is 1140. The van der Waals surface area contributed by atoms with Gasteiger partial charge in [0, 0.05) is 0 Å². The fourth-order valence-electron chi connectivity index (χ4n) is 9.87. The van der Waals surface area contributed by atoms with Crippen LogP contribution in [-0.2, 0) is 14.3 Å². The molecule has 5 aliphatic rings. The van der Waals surface area contributed by atoms with Gasteiger partial charge in [0.05, 0.1) is 30.3 Å². The number of carboxylic acid groups (broad SMARTS) is 1. The second-order valence-electron chi connectivity index (χ2n) is 15.6. The van der Waals surface area contributed by atoms with E-state index in [-0.39, 0.29) is 41.1 Å². The van der Waals surface area contributed by atoms with Crippen LogP contribution in [0.2, 0.25) is 0 Å². The van der Waals surface area contributed by atoms with Crippen LogP contribution < -0.4 is 0 Å². The van der Waals surface area contributed by atoms with Gasteiger partial charge in [0.1, 0.15) is 24.4 Å². The maximum absolute atomic E-state index is 12.7. The summed E-state index contributed by atoms with van der Waals surface area (Å²) in [6, 6.07) is 0. The molecule has 4 aliphatic carbocycles. The summed E-state index contributed by atoms with van der Waals surface area (Å²) in [5.41, 5.74) is 1.16. The van der Waals surface area contributed by atoms with Crippen molar-refractivity contribution in [3.63, 3.8) is 0 Å². The summed E-state index contributed by atoms with van der Waals surface area (Å²) in [7, 11) is 0. The summed E-state index contributed by atoms with van der Waals surface area (Å²) < 4.78 is 11.8. The van der Waals surface area contributed by atoms with E-state index >= 15 is 0 Å². The smallest absolute Gasteiger partial charge is 0.306 e. The molecule has 0 amide bonds. The van der Waals surface area contributed by atoms with E-state index in [0.29, 0.717) is 12.3 Å². The first kappa shape index (κ1) is 35.0. The maximum Gasteiger partial charge on any atom is 0.306 e. The monoisotopic (exact) mass is 636 g/mol. The molecule has 7 N–H and O–H groups in total. The van der Waals surface area contributed by atoms with Crippen LogP contribution in [0.25, 0.3) is 0 Å². The van der Waals surface area contributed by atoms with Crippen molar-refractivity contribution >= 4 is 5.97 Å². The van der Waals surface area contributed by atoms with Gasteiger partial charge in [-0.2, -0.15) is 0 Å². The third-order valence-electron chi connectivity index (χ3n) is 13.1. The summed E-state index contributed by atoms with van der Waals surface area (Å²) in [5, 5.41) is 72.3. The molecule has 0 bridgehead atoms. The molecule has 10 nitrogen and oxygen atoms in total. The Kier molecular flexibility index (Phi) is 10.0. The lowest BCUT2D eigenvalue weighted by atomic mass is 9.51. The van der Waals surface area contributed by atoms with Crippen molar-refractivity contribution in [1.29, 1.82) is 0 Å². The molecule has 14 atom stereocenters. The molecule has 256 valence electrons. The van der Waals surface area contributed by atoms with Crippen molar-refractivity contribution < 1.29 is 50.0 Å². The van der Waals surface area contributed by atoms with Gasteiger partial charge in [-0.05, 0) is 110 Å². The van der Waals surface area contributed by atoms with E-state index in [1.54, 1.807) is 6.92 Å². The number of ether oxygens (including phenoxy) is 2. The van der Waals surface area contributed by atoms with E-state index in [9.17, 15) is 40.5 Å². The Labute approximate surface area is 267 Å². The zero-order chi connectivity index (χ0) is 33.1. The quantitative estimate of drug-likeness (QED) is 0.189. The van der Waals surface area contributed by atoms with Crippen molar-refractivity contribution in [2.75, 3.05) is 6.61 Å². The van der Waals surface area contributed by atoms with Gasteiger partial charge in [0.2, 0.25) is 0 Å². The molecular weight excluding hydrogens is 580 g/mol. The molecule has 3 fully saturated rings. The summed E-state index contributed by atoms with van der Waals surface area (Å²) in [5.74, 6) is -1.07. The lowest BCUT2D eigenvalue weighted by Gasteiger charge is -2.54. The van der Waals surface area contributed by atoms with E-state index in [0.717, 1.165) is 44.9 Å². The summed E-state index contributed by atoms with van der Waals surface area (Å²) in [4.78, 5) is 12.7. The Morgan fingerprint density at radius 2 is 1.80 bits per heavy atom. The number of carbonyl (C=O) groups is 1. The van der Waals surface area contributed by atoms with E-state index < -0.39 is 60.9 Å². The van der Waals surface area contributed by atoms with Crippen LogP contribution in [0.4, 0.5) is 0 Å². The van der Waals surface area contributed by atoms with Gasteiger partial charge in [-0.1, -0.05) is 39.8 Å². The Hall–Kier alpha value is -1.37. The molecular formula is C35H56O10. The second kappa shape index (κ2) is 12.9. The molecule has 10 heteroatoms. The predicted octanol–water partition coefficient (Wildman–Crippen LogP) is 2.92. The first-order chi connectivity index (χ1) is 21.1. The van der Waals surface area contributed by atoms with Crippen LogP contribution in [0, 0.1) is 40.4 Å². The Morgan fingerprint density at radius 3 is 2.42 bits per heavy atom. The molecule has 2 saturated carbocycles. The molecule has 1 saturated heterocycles. The highest BCUT2D eigenvalue weighted by atomic mass is 16.7. The maximum atomic E-state index is 12.7. The average molecular weight is 637 g/mol. The number of hydrogen-bond acceptors (Lipinski definition) is 9. The van der Waals surface area contributed by atoms with Gasteiger partial charge in [-0.15, -0.1) is 0 Å². The minimum absolute atomic E-state index is 0.0303. The van der Waals surface area contributed by atoms with Gasteiger partial charge in [-0.25, -0.2) is 0 Å². The number of rotatable bonds is 10. The van der Waals surface area contributed by atoms with Gasteiger partial charge in [-0.3, -0.25) is 4.79 Å². The third kappa shape index (κ3) is 5.96. The van der Waals surface area contributed by atoms with E-state index in [1.807, 2.05) is 13.8 Å². The van der Waals surface area contributed by atoms with Crippen molar-refractivity contribution in [2.24, 2.45) is 40.4 Å². The first-order valence-electron chi connectivity index (χ1n) is 17.1. The topological polar surface area (TPSA) is 177 Å². The normalized spacial score (nSPS) is 44.1. The van der Waals surface area contributed by atoms with Crippen LogP contribution in [0.3, 0.4) is 0 Å². The largest absolute Gasteiger partial charge is 0.481 e. The van der Waals surface area contributed by atoms with Crippen molar-refractivity contribution in [2.45, 2.75) is 141 Å². The number of fused-ring (bicyclic) bond motifs is 5. The van der Waals surface area contributed by atoms with Crippen molar-refractivity contribution in [3.8, 4) is 0 Å². The fourth-order valence-corrected chi connectivity index (χ4v) is 9.87. The van der Waals surface area contributed by atoms with Crippen molar-refractivity contribution in [1.82, 2.24) is 0 Å². The van der Waals surface area contributed by atoms with Gasteiger partial charge < -0.3 is 45.2 Å². The van der Waals surface area contributed by atoms with E-state index in [1.165, 1.54) is 11.1 Å². The van der Waals surface area contributed by atoms with Gasteiger partial charge in [0.25, 0.3) is 0 Å². The molecule has 0 spiro atoms. The van der Waals surface area contributed by atoms with Crippen molar-refractivity contribution in [3.05, 3.63) is 23.3 Å². The molecule has 0 radical (unpaired) electrons. The summed E-state index contributed by atoms with van der Waals surface area (Å²) in [6.45, 7) is 9.39. The van der Waals surface area contributed by atoms with Gasteiger partial charge >= 0.3 is 5.97 Å². The predicted molar refractivity (Wildman–Crippen MR) is 166 cm³/mol. The fraction of sp³-hybridized carbons (Fsp3) is 0.857. The van der Waals surface area contributed by atoms with Crippen LogP contribution in [-0.4, -0.2) is 96.8 Å². The number of carboxylic acids is 1.